The first kappa shape index (κ1) is 17.6. The van der Waals surface area contributed by atoms with E-state index in [-0.39, 0.29) is 11.9 Å². The van der Waals surface area contributed by atoms with Crippen molar-refractivity contribution in [1.82, 2.24) is 10.2 Å². The molecule has 4 rings (SSSR count). The number of carbonyl (C=O) groups excluding carboxylic acids is 1. The van der Waals surface area contributed by atoms with E-state index in [1.54, 1.807) is 19.1 Å². The molecule has 0 radical (unpaired) electrons. The number of H-pyrrole nitrogens is 1. The van der Waals surface area contributed by atoms with Crippen LogP contribution in [-0.2, 0) is 0 Å². The van der Waals surface area contributed by atoms with Crippen LogP contribution < -0.4 is 14.4 Å². The molecular formula is C20H18BrN3O3. The van der Waals surface area contributed by atoms with E-state index in [0.717, 1.165) is 27.0 Å². The van der Waals surface area contributed by atoms with Crippen LogP contribution in [0.4, 0.5) is 5.69 Å². The third-order valence-corrected chi connectivity index (χ3v) is 5.30. The number of aromatic amines is 1. The summed E-state index contributed by atoms with van der Waals surface area (Å²) in [6.07, 6.45) is 0. The Hall–Kier alpha value is -2.80. The summed E-state index contributed by atoms with van der Waals surface area (Å²) in [5.74, 6) is 1.13. The maximum Gasteiger partial charge on any atom is 0.279 e. The van der Waals surface area contributed by atoms with Crippen LogP contribution in [0.5, 0.6) is 11.5 Å². The molecule has 0 saturated carbocycles. The van der Waals surface area contributed by atoms with E-state index in [1.807, 2.05) is 49.4 Å². The maximum atomic E-state index is 13.1. The van der Waals surface area contributed by atoms with E-state index in [2.05, 4.69) is 26.1 Å². The van der Waals surface area contributed by atoms with E-state index in [0.29, 0.717) is 17.2 Å². The van der Waals surface area contributed by atoms with Crippen LogP contribution in [0.3, 0.4) is 0 Å². The molecule has 2 aromatic carbocycles. The van der Waals surface area contributed by atoms with Crippen molar-refractivity contribution in [2.45, 2.75) is 13.0 Å². The Labute approximate surface area is 165 Å². The Balaban J connectivity index is 1.89. The molecule has 1 aliphatic rings. The van der Waals surface area contributed by atoms with E-state index in [4.69, 9.17) is 9.47 Å². The number of hydrogen-bond acceptors (Lipinski definition) is 4. The molecule has 6 nitrogen and oxygen atoms in total. The molecule has 3 aromatic rings. The molecule has 1 amide bonds. The lowest BCUT2D eigenvalue weighted by atomic mass is 9.98. The number of aryl methyl sites for hydroxylation is 1. The Morgan fingerprint density at radius 3 is 2.44 bits per heavy atom. The number of anilines is 1. The lowest BCUT2D eigenvalue weighted by Crippen LogP contribution is -2.29. The zero-order valence-electron chi connectivity index (χ0n) is 15.1. The number of hydrogen-bond donors (Lipinski definition) is 1. The highest BCUT2D eigenvalue weighted by molar-refractivity contribution is 9.10. The van der Waals surface area contributed by atoms with Crippen molar-refractivity contribution in [3.05, 3.63) is 69.5 Å². The number of methoxy groups -OCH3 is 2. The summed E-state index contributed by atoms with van der Waals surface area (Å²) in [6.45, 7) is 1.93. The van der Waals surface area contributed by atoms with Crippen molar-refractivity contribution in [3.8, 4) is 11.5 Å². The van der Waals surface area contributed by atoms with Gasteiger partial charge in [0.25, 0.3) is 5.91 Å². The third kappa shape index (κ3) is 2.78. The van der Waals surface area contributed by atoms with Crippen molar-refractivity contribution in [2.24, 2.45) is 0 Å². The standard InChI is InChI=1S/C20H18BrN3O3/c1-11-17-18(23-22-11)20(25)24(14-7-5-13(21)6-8-14)19(17)12-4-9-15(26-2)16(10-12)27-3/h4-10,19H,1-3H3,(H,22,23). The highest BCUT2D eigenvalue weighted by Gasteiger charge is 2.42. The van der Waals surface area contributed by atoms with E-state index < -0.39 is 0 Å². The molecule has 7 heteroatoms. The summed E-state index contributed by atoms with van der Waals surface area (Å²) in [7, 11) is 3.20. The van der Waals surface area contributed by atoms with Crippen molar-refractivity contribution < 1.29 is 14.3 Å². The molecule has 0 saturated heterocycles. The van der Waals surface area contributed by atoms with Gasteiger partial charge in [-0.05, 0) is 48.9 Å². The minimum atomic E-state index is -0.299. The van der Waals surface area contributed by atoms with Crippen LogP contribution in [0.15, 0.2) is 46.9 Å². The Bertz CT molecular complexity index is 1010. The van der Waals surface area contributed by atoms with E-state index in [9.17, 15) is 4.79 Å². The monoisotopic (exact) mass is 427 g/mol. The summed E-state index contributed by atoms with van der Waals surface area (Å²) >= 11 is 3.45. The first-order chi connectivity index (χ1) is 13.0. The van der Waals surface area contributed by atoms with Crippen LogP contribution in [0.2, 0.25) is 0 Å². The second kappa shape index (κ2) is 6.74. The normalized spacial score (nSPS) is 15.8. The second-order valence-corrected chi connectivity index (χ2v) is 7.20. The van der Waals surface area contributed by atoms with Gasteiger partial charge in [0, 0.05) is 21.4 Å². The van der Waals surface area contributed by atoms with Gasteiger partial charge >= 0.3 is 0 Å². The zero-order valence-corrected chi connectivity index (χ0v) is 16.7. The number of nitrogens with zero attached hydrogens (tertiary/aromatic N) is 2. The van der Waals surface area contributed by atoms with Gasteiger partial charge in [-0.2, -0.15) is 5.10 Å². The summed E-state index contributed by atoms with van der Waals surface area (Å²) in [6, 6.07) is 13.1. The van der Waals surface area contributed by atoms with Gasteiger partial charge in [0.05, 0.1) is 20.3 Å². The molecule has 1 unspecified atom stereocenters. The predicted molar refractivity (Wildman–Crippen MR) is 106 cm³/mol. The van der Waals surface area contributed by atoms with Gasteiger partial charge < -0.3 is 9.47 Å². The first-order valence-corrected chi connectivity index (χ1v) is 9.20. The van der Waals surface area contributed by atoms with Crippen LogP contribution in [-0.4, -0.2) is 30.3 Å². The van der Waals surface area contributed by atoms with Crippen molar-refractivity contribution in [1.29, 1.82) is 0 Å². The smallest absolute Gasteiger partial charge is 0.279 e. The molecule has 1 aliphatic heterocycles. The van der Waals surface area contributed by atoms with Gasteiger partial charge in [0.1, 0.15) is 0 Å². The Kier molecular flexibility index (Phi) is 4.39. The SMILES string of the molecule is COc1ccc(C2c3c(n[nH]c3C)C(=O)N2c2ccc(Br)cc2)cc1OC. The number of ether oxygens (including phenoxy) is 2. The molecule has 0 aliphatic carbocycles. The fraction of sp³-hybridized carbons (Fsp3) is 0.200. The largest absolute Gasteiger partial charge is 0.493 e. The first-order valence-electron chi connectivity index (χ1n) is 8.41. The fourth-order valence-electron chi connectivity index (χ4n) is 3.50. The van der Waals surface area contributed by atoms with Crippen molar-refractivity contribution in [2.75, 3.05) is 19.1 Å². The molecule has 0 spiro atoms. The van der Waals surface area contributed by atoms with Gasteiger partial charge in [0.2, 0.25) is 0 Å². The van der Waals surface area contributed by atoms with Gasteiger partial charge in [-0.15, -0.1) is 0 Å². The highest BCUT2D eigenvalue weighted by Crippen LogP contribution is 2.44. The maximum absolute atomic E-state index is 13.1. The molecule has 1 atom stereocenters. The second-order valence-electron chi connectivity index (χ2n) is 6.28. The van der Waals surface area contributed by atoms with Gasteiger partial charge in [-0.1, -0.05) is 22.0 Å². The molecule has 27 heavy (non-hydrogen) atoms. The number of aromatic nitrogens is 2. The van der Waals surface area contributed by atoms with Crippen molar-refractivity contribution in [3.63, 3.8) is 0 Å². The summed E-state index contributed by atoms with van der Waals surface area (Å²) < 4.78 is 11.8. The molecule has 2 heterocycles. The molecular weight excluding hydrogens is 410 g/mol. The lowest BCUT2D eigenvalue weighted by Gasteiger charge is -2.27. The Morgan fingerprint density at radius 2 is 1.78 bits per heavy atom. The summed E-state index contributed by atoms with van der Waals surface area (Å²) in [5.41, 5.74) is 3.94. The average Bonchev–Trinajstić information content (AvgIpc) is 3.20. The van der Waals surface area contributed by atoms with Crippen LogP contribution in [0.25, 0.3) is 0 Å². The molecule has 1 aromatic heterocycles. The topological polar surface area (TPSA) is 67.5 Å². The van der Waals surface area contributed by atoms with Crippen LogP contribution in [0.1, 0.15) is 33.4 Å². The Morgan fingerprint density at radius 1 is 1.07 bits per heavy atom. The number of benzene rings is 2. The lowest BCUT2D eigenvalue weighted by molar-refractivity contribution is 0.0988. The quantitative estimate of drug-likeness (QED) is 0.675. The highest BCUT2D eigenvalue weighted by atomic mass is 79.9. The van der Waals surface area contributed by atoms with Gasteiger partial charge in [0.15, 0.2) is 17.2 Å². The third-order valence-electron chi connectivity index (χ3n) is 4.78. The number of nitrogens with one attached hydrogen (secondary N) is 1. The predicted octanol–water partition coefficient (Wildman–Crippen LogP) is 4.25. The van der Waals surface area contributed by atoms with Crippen LogP contribution in [0, 0.1) is 6.92 Å². The number of rotatable bonds is 4. The summed E-state index contributed by atoms with van der Waals surface area (Å²) in [4.78, 5) is 14.9. The van der Waals surface area contributed by atoms with Gasteiger partial charge in [-0.25, -0.2) is 0 Å². The molecule has 1 N–H and O–H groups in total. The van der Waals surface area contributed by atoms with E-state index >= 15 is 0 Å². The number of carbonyl (C=O) groups is 1. The number of halogens is 1. The number of fused-ring (bicyclic) bond motifs is 1. The molecule has 0 bridgehead atoms. The fourth-order valence-corrected chi connectivity index (χ4v) is 3.77. The van der Waals surface area contributed by atoms with Crippen LogP contribution >= 0.6 is 15.9 Å². The average molecular weight is 428 g/mol. The zero-order chi connectivity index (χ0) is 19.1. The van der Waals surface area contributed by atoms with Crippen molar-refractivity contribution >= 4 is 27.5 Å². The van der Waals surface area contributed by atoms with E-state index in [1.165, 1.54) is 0 Å². The minimum absolute atomic E-state index is 0.128. The molecule has 0 fully saturated rings. The molecule has 138 valence electrons. The minimum Gasteiger partial charge on any atom is -0.493 e. The number of amides is 1. The summed E-state index contributed by atoms with van der Waals surface area (Å²) in [5, 5.41) is 7.18. The van der Waals surface area contributed by atoms with Gasteiger partial charge in [-0.3, -0.25) is 14.8 Å².